The number of carbonyl (C=O) groups is 1. The standard InChI is InChI=1S/C19H22O3/c1-11-8-12(2)14-10-15(19(22-5)6-7-19)17(18(20)21-4)16(14)13(3)9-11/h8-10H,6-7H2,1-5H3. The third-order valence-corrected chi connectivity index (χ3v) is 4.76. The van der Waals surface area contributed by atoms with Crippen molar-refractivity contribution in [3.63, 3.8) is 0 Å². The van der Waals surface area contributed by atoms with Gasteiger partial charge in [0.05, 0.1) is 18.3 Å². The molecule has 116 valence electrons. The summed E-state index contributed by atoms with van der Waals surface area (Å²) in [6.45, 7) is 6.22. The monoisotopic (exact) mass is 298 g/mol. The lowest BCUT2D eigenvalue weighted by atomic mass is 10.00. The van der Waals surface area contributed by atoms with Gasteiger partial charge >= 0.3 is 5.97 Å². The first kappa shape index (κ1) is 15.0. The number of hydrogen-bond acceptors (Lipinski definition) is 3. The molecule has 3 aliphatic rings. The molecule has 0 spiro atoms. The van der Waals surface area contributed by atoms with Crippen molar-refractivity contribution in [3.05, 3.63) is 46.0 Å². The first-order valence-corrected chi connectivity index (χ1v) is 7.62. The average molecular weight is 298 g/mol. The predicted octanol–water partition coefficient (Wildman–Crippen LogP) is 4.14. The molecule has 0 N–H and O–H groups in total. The normalized spacial score (nSPS) is 15.9. The lowest BCUT2D eigenvalue weighted by Gasteiger charge is -2.14. The van der Waals surface area contributed by atoms with Gasteiger partial charge in [-0.25, -0.2) is 4.79 Å². The van der Waals surface area contributed by atoms with Crippen LogP contribution in [0.3, 0.4) is 0 Å². The van der Waals surface area contributed by atoms with E-state index in [1.807, 2.05) is 0 Å². The molecule has 0 heterocycles. The summed E-state index contributed by atoms with van der Waals surface area (Å²) < 4.78 is 10.8. The Morgan fingerprint density at radius 1 is 1.05 bits per heavy atom. The van der Waals surface area contributed by atoms with Crippen molar-refractivity contribution in [2.45, 2.75) is 39.2 Å². The van der Waals surface area contributed by atoms with Crippen LogP contribution in [-0.2, 0) is 15.1 Å². The van der Waals surface area contributed by atoms with Crippen molar-refractivity contribution in [1.82, 2.24) is 0 Å². The second-order valence-corrected chi connectivity index (χ2v) is 6.31. The lowest BCUT2D eigenvalue weighted by Crippen LogP contribution is -2.14. The molecule has 3 nitrogen and oxygen atoms in total. The first-order chi connectivity index (χ1) is 10.4. The fraction of sp³-hybridized carbons (Fsp3) is 0.421. The minimum absolute atomic E-state index is 0.278. The molecule has 0 atom stereocenters. The van der Waals surface area contributed by atoms with Gasteiger partial charge in [-0.05, 0) is 67.5 Å². The molecule has 0 bridgehead atoms. The summed E-state index contributed by atoms with van der Waals surface area (Å²) in [5.41, 5.74) is 6.91. The topological polar surface area (TPSA) is 35.5 Å². The maximum Gasteiger partial charge on any atom is 0.338 e. The Hall–Kier alpha value is -1.87. The van der Waals surface area contributed by atoms with E-state index in [0.717, 1.165) is 35.1 Å². The van der Waals surface area contributed by atoms with Crippen molar-refractivity contribution in [2.24, 2.45) is 0 Å². The Morgan fingerprint density at radius 3 is 2.23 bits per heavy atom. The summed E-state index contributed by atoms with van der Waals surface area (Å²) >= 11 is 0. The molecule has 1 fully saturated rings. The summed E-state index contributed by atoms with van der Waals surface area (Å²) in [4.78, 5) is 12.5. The molecule has 0 aromatic heterocycles. The van der Waals surface area contributed by atoms with Crippen LogP contribution in [0.2, 0.25) is 0 Å². The van der Waals surface area contributed by atoms with Gasteiger partial charge in [-0.1, -0.05) is 17.7 Å². The molecule has 0 aromatic rings. The van der Waals surface area contributed by atoms with Crippen molar-refractivity contribution in [1.29, 1.82) is 0 Å². The molecule has 22 heavy (non-hydrogen) atoms. The zero-order valence-corrected chi connectivity index (χ0v) is 13.9. The van der Waals surface area contributed by atoms with Gasteiger partial charge in [0.2, 0.25) is 0 Å². The van der Waals surface area contributed by atoms with Gasteiger partial charge in [0, 0.05) is 7.11 Å². The average Bonchev–Trinajstić information content (AvgIpc) is 3.19. The fourth-order valence-electron chi connectivity index (χ4n) is 3.52. The van der Waals surface area contributed by atoms with E-state index in [-0.39, 0.29) is 11.6 Å². The molecule has 3 aliphatic carbocycles. The highest BCUT2D eigenvalue weighted by molar-refractivity contribution is 6.02. The Labute approximate surface area is 131 Å². The van der Waals surface area contributed by atoms with Crippen molar-refractivity contribution < 1.29 is 14.3 Å². The second kappa shape index (κ2) is 5.10. The number of methoxy groups -OCH3 is 2. The molecule has 0 aliphatic heterocycles. The molecule has 0 aromatic carbocycles. The maximum absolute atomic E-state index is 12.5. The summed E-state index contributed by atoms with van der Waals surface area (Å²) in [5, 5.41) is 0. The minimum Gasteiger partial charge on any atom is -0.465 e. The molecule has 0 radical (unpaired) electrons. The number of esters is 1. The van der Waals surface area contributed by atoms with E-state index in [9.17, 15) is 4.79 Å². The van der Waals surface area contributed by atoms with E-state index in [2.05, 4.69) is 39.0 Å². The predicted molar refractivity (Wildman–Crippen MR) is 86.5 cm³/mol. The van der Waals surface area contributed by atoms with E-state index in [0.29, 0.717) is 5.56 Å². The SMILES string of the molecule is COC(=O)c1c(C2(OC)CC2)cc2c(C)cc(C)cc(C)c1-2. The van der Waals surface area contributed by atoms with Crippen LogP contribution < -0.4 is 0 Å². The van der Waals surface area contributed by atoms with Crippen LogP contribution in [0.5, 0.6) is 0 Å². The minimum atomic E-state index is -0.310. The van der Waals surface area contributed by atoms with Crippen molar-refractivity contribution in [2.75, 3.05) is 14.2 Å². The van der Waals surface area contributed by atoms with Crippen LogP contribution in [0.4, 0.5) is 0 Å². The maximum atomic E-state index is 12.5. The summed E-state index contributed by atoms with van der Waals surface area (Å²) in [6, 6.07) is 6.41. The van der Waals surface area contributed by atoms with E-state index in [1.165, 1.54) is 18.2 Å². The number of hydrogen-bond donors (Lipinski definition) is 0. The number of rotatable bonds is 3. The zero-order chi connectivity index (χ0) is 16.1. The van der Waals surface area contributed by atoms with E-state index < -0.39 is 0 Å². The first-order valence-electron chi connectivity index (χ1n) is 7.62. The number of ether oxygens (including phenoxy) is 2. The largest absolute Gasteiger partial charge is 0.465 e. The zero-order valence-electron chi connectivity index (χ0n) is 13.9. The highest BCUT2D eigenvalue weighted by Gasteiger charge is 2.49. The Morgan fingerprint density at radius 2 is 1.68 bits per heavy atom. The van der Waals surface area contributed by atoms with Gasteiger partial charge in [0.25, 0.3) is 0 Å². The summed E-state index contributed by atoms with van der Waals surface area (Å²) in [6.07, 6.45) is 1.90. The van der Waals surface area contributed by atoms with E-state index in [4.69, 9.17) is 9.47 Å². The third-order valence-electron chi connectivity index (χ3n) is 4.76. The van der Waals surface area contributed by atoms with Crippen LogP contribution >= 0.6 is 0 Å². The molecule has 1 saturated carbocycles. The smallest absolute Gasteiger partial charge is 0.338 e. The molecule has 0 amide bonds. The molecule has 3 rings (SSSR count). The molecule has 0 saturated heterocycles. The highest BCUT2D eigenvalue weighted by Crippen LogP contribution is 2.53. The van der Waals surface area contributed by atoms with Gasteiger partial charge in [-0.2, -0.15) is 0 Å². The van der Waals surface area contributed by atoms with Crippen LogP contribution in [0, 0.1) is 20.8 Å². The van der Waals surface area contributed by atoms with E-state index in [1.54, 1.807) is 7.11 Å². The Bertz CT molecular complexity index is 726. The fourth-order valence-corrected chi connectivity index (χ4v) is 3.52. The Balaban J connectivity index is 2.39. The van der Waals surface area contributed by atoms with Crippen LogP contribution in [0.15, 0.2) is 18.2 Å². The van der Waals surface area contributed by atoms with Crippen molar-refractivity contribution >= 4 is 5.97 Å². The number of aryl methyl sites for hydroxylation is 3. The molecule has 0 unspecified atom stereocenters. The number of carbonyl (C=O) groups excluding carboxylic acids is 1. The molecular formula is C19H22O3. The van der Waals surface area contributed by atoms with Crippen LogP contribution in [-0.4, -0.2) is 20.2 Å². The van der Waals surface area contributed by atoms with Gasteiger partial charge in [-0.3, -0.25) is 0 Å². The van der Waals surface area contributed by atoms with E-state index >= 15 is 0 Å². The number of fused-ring (bicyclic) bond motifs is 1. The lowest BCUT2D eigenvalue weighted by molar-refractivity contribution is 0.0568. The van der Waals surface area contributed by atoms with Gasteiger partial charge in [0.1, 0.15) is 0 Å². The van der Waals surface area contributed by atoms with Crippen LogP contribution in [0.25, 0.3) is 11.1 Å². The third kappa shape index (κ3) is 2.12. The second-order valence-electron chi connectivity index (χ2n) is 6.31. The summed E-state index contributed by atoms with van der Waals surface area (Å²) in [7, 11) is 3.16. The highest BCUT2D eigenvalue weighted by atomic mass is 16.5. The van der Waals surface area contributed by atoms with Crippen molar-refractivity contribution in [3.8, 4) is 11.1 Å². The van der Waals surface area contributed by atoms with Crippen LogP contribution in [0.1, 0.15) is 45.5 Å². The quantitative estimate of drug-likeness (QED) is 0.799. The van der Waals surface area contributed by atoms with Gasteiger partial charge < -0.3 is 9.47 Å². The molecule has 3 heteroatoms. The summed E-state index contributed by atoms with van der Waals surface area (Å²) in [5.74, 6) is -0.278. The van der Waals surface area contributed by atoms with Gasteiger partial charge in [0.15, 0.2) is 0 Å². The Kier molecular flexibility index (Phi) is 3.48. The van der Waals surface area contributed by atoms with Gasteiger partial charge in [-0.15, -0.1) is 0 Å². The molecular weight excluding hydrogens is 276 g/mol.